The number of anilines is 2. The molecule has 0 aliphatic heterocycles. The molecule has 0 spiro atoms. The van der Waals surface area contributed by atoms with Crippen molar-refractivity contribution in [2.75, 3.05) is 31.3 Å². The lowest BCUT2D eigenvalue weighted by Crippen LogP contribution is -2.34. The number of rotatable bonds is 4. The van der Waals surface area contributed by atoms with Gasteiger partial charge in [0.25, 0.3) is 0 Å². The first kappa shape index (κ1) is 12.4. The molecule has 0 aliphatic rings. The van der Waals surface area contributed by atoms with Crippen molar-refractivity contribution in [3.63, 3.8) is 0 Å². The zero-order valence-electron chi connectivity index (χ0n) is 10.0. The molecule has 1 atom stereocenters. The van der Waals surface area contributed by atoms with Gasteiger partial charge in [0.15, 0.2) is 0 Å². The number of nitrogens with one attached hydrogen (secondary N) is 1. The Balaban J connectivity index is 2.61. The van der Waals surface area contributed by atoms with Crippen LogP contribution in [0.5, 0.6) is 0 Å². The number of hydrogen-bond donors (Lipinski definition) is 2. The van der Waals surface area contributed by atoms with Crippen LogP contribution in [0.2, 0.25) is 0 Å². The highest BCUT2D eigenvalue weighted by Gasteiger charge is 2.13. The van der Waals surface area contributed by atoms with Crippen LogP contribution >= 0.6 is 0 Å². The zero-order valence-corrected chi connectivity index (χ0v) is 10.0. The third-order valence-electron chi connectivity index (χ3n) is 2.58. The van der Waals surface area contributed by atoms with Crippen LogP contribution in [0.3, 0.4) is 0 Å². The lowest BCUT2D eigenvalue weighted by Gasteiger charge is -2.22. The first-order valence-corrected chi connectivity index (χ1v) is 5.33. The highest BCUT2D eigenvalue weighted by Crippen LogP contribution is 2.15. The number of carbonyl (C=O) groups excluding carboxylic acids is 1. The monoisotopic (exact) mass is 221 g/mol. The largest absolute Gasteiger partial charge is 0.399 e. The number of nitrogens with two attached hydrogens (primary N) is 1. The minimum absolute atomic E-state index is 0.0347. The molecule has 0 aliphatic carbocycles. The van der Waals surface area contributed by atoms with Gasteiger partial charge >= 0.3 is 0 Å². The lowest BCUT2D eigenvalue weighted by atomic mass is 10.1. The van der Waals surface area contributed by atoms with E-state index in [2.05, 4.69) is 5.32 Å². The number of nitrogen functional groups attached to an aromatic ring is 1. The number of hydrogen-bond acceptors (Lipinski definition) is 3. The van der Waals surface area contributed by atoms with Crippen molar-refractivity contribution in [1.29, 1.82) is 0 Å². The van der Waals surface area contributed by atoms with Gasteiger partial charge in [0.2, 0.25) is 5.91 Å². The molecule has 4 nitrogen and oxygen atoms in total. The summed E-state index contributed by atoms with van der Waals surface area (Å²) in [4.78, 5) is 13.4. The van der Waals surface area contributed by atoms with Gasteiger partial charge in [-0.15, -0.1) is 0 Å². The number of nitrogens with zero attached hydrogens (tertiary/aromatic N) is 1. The quantitative estimate of drug-likeness (QED) is 0.748. The molecule has 0 heterocycles. The van der Waals surface area contributed by atoms with Crippen molar-refractivity contribution >= 4 is 17.3 Å². The summed E-state index contributed by atoms with van der Waals surface area (Å²) in [7, 11) is 3.62. The lowest BCUT2D eigenvalue weighted by molar-refractivity contribution is -0.123. The van der Waals surface area contributed by atoms with Gasteiger partial charge in [-0.25, -0.2) is 0 Å². The number of carbonyl (C=O) groups is 1. The summed E-state index contributed by atoms with van der Waals surface area (Å²) >= 11 is 0. The fraction of sp³-hybridized carbons (Fsp3) is 0.417. The molecule has 1 unspecified atom stereocenters. The molecule has 0 bridgehead atoms. The Morgan fingerprint density at radius 1 is 1.44 bits per heavy atom. The van der Waals surface area contributed by atoms with Gasteiger partial charge < -0.3 is 16.0 Å². The van der Waals surface area contributed by atoms with Gasteiger partial charge in [0, 0.05) is 32.0 Å². The van der Waals surface area contributed by atoms with Crippen LogP contribution < -0.4 is 16.0 Å². The summed E-state index contributed by atoms with van der Waals surface area (Å²) in [5.74, 6) is 0.0230. The first-order chi connectivity index (χ1) is 7.54. The summed E-state index contributed by atoms with van der Waals surface area (Å²) in [6, 6.07) is 7.62. The predicted octanol–water partition coefficient (Wildman–Crippen LogP) is 1.09. The maximum Gasteiger partial charge on any atom is 0.224 e. The third-order valence-corrected chi connectivity index (χ3v) is 2.58. The average molecular weight is 221 g/mol. The van der Waals surface area contributed by atoms with Gasteiger partial charge in [0.05, 0.1) is 5.92 Å². The van der Waals surface area contributed by atoms with Gasteiger partial charge in [-0.05, 0) is 24.3 Å². The molecule has 0 radical (unpaired) electrons. The van der Waals surface area contributed by atoms with E-state index >= 15 is 0 Å². The van der Waals surface area contributed by atoms with Crippen molar-refractivity contribution in [3.8, 4) is 0 Å². The van der Waals surface area contributed by atoms with E-state index in [1.54, 1.807) is 7.05 Å². The topological polar surface area (TPSA) is 58.4 Å². The molecular weight excluding hydrogens is 202 g/mol. The molecular formula is C12H19N3O. The van der Waals surface area contributed by atoms with Gasteiger partial charge in [0.1, 0.15) is 0 Å². The van der Waals surface area contributed by atoms with Crippen molar-refractivity contribution < 1.29 is 4.79 Å². The Labute approximate surface area is 96.4 Å². The molecule has 16 heavy (non-hydrogen) atoms. The summed E-state index contributed by atoms with van der Waals surface area (Å²) < 4.78 is 0. The molecule has 3 N–H and O–H groups in total. The van der Waals surface area contributed by atoms with Crippen LogP contribution in [0.1, 0.15) is 6.92 Å². The second-order valence-corrected chi connectivity index (χ2v) is 3.99. The maximum atomic E-state index is 11.4. The SMILES string of the molecule is CNC(=O)C(C)CN(C)c1ccc(N)cc1. The van der Waals surface area contributed by atoms with E-state index in [0.29, 0.717) is 6.54 Å². The van der Waals surface area contributed by atoms with E-state index in [0.717, 1.165) is 11.4 Å². The minimum atomic E-state index is -0.0347. The van der Waals surface area contributed by atoms with Crippen LogP contribution in [0.15, 0.2) is 24.3 Å². The summed E-state index contributed by atoms with van der Waals surface area (Å²) in [5.41, 5.74) is 7.42. The fourth-order valence-electron chi connectivity index (χ4n) is 1.57. The molecule has 1 aromatic rings. The first-order valence-electron chi connectivity index (χ1n) is 5.33. The van der Waals surface area contributed by atoms with Crippen molar-refractivity contribution in [2.45, 2.75) is 6.92 Å². The van der Waals surface area contributed by atoms with Crippen LogP contribution in [0.4, 0.5) is 11.4 Å². The summed E-state index contributed by atoms with van der Waals surface area (Å²) in [6.07, 6.45) is 0. The fourth-order valence-corrected chi connectivity index (χ4v) is 1.57. The van der Waals surface area contributed by atoms with Crippen LogP contribution in [0.25, 0.3) is 0 Å². The standard InChI is InChI=1S/C12H19N3O/c1-9(12(16)14-2)8-15(3)11-6-4-10(13)5-7-11/h4-7,9H,8,13H2,1-3H3,(H,14,16). The van der Waals surface area contributed by atoms with Gasteiger partial charge in [-0.2, -0.15) is 0 Å². The highest BCUT2D eigenvalue weighted by atomic mass is 16.1. The number of benzene rings is 1. The Kier molecular flexibility index (Phi) is 4.17. The molecule has 4 heteroatoms. The minimum Gasteiger partial charge on any atom is -0.399 e. The highest BCUT2D eigenvalue weighted by molar-refractivity contribution is 5.78. The third kappa shape index (κ3) is 3.15. The second kappa shape index (κ2) is 5.39. The number of amides is 1. The molecule has 1 rings (SSSR count). The van der Waals surface area contributed by atoms with Crippen LogP contribution in [-0.4, -0.2) is 26.5 Å². The van der Waals surface area contributed by atoms with Crippen LogP contribution in [0, 0.1) is 5.92 Å². The van der Waals surface area contributed by atoms with E-state index in [1.807, 2.05) is 43.1 Å². The second-order valence-electron chi connectivity index (χ2n) is 3.99. The average Bonchev–Trinajstić information content (AvgIpc) is 2.28. The van der Waals surface area contributed by atoms with Gasteiger partial charge in [-0.3, -0.25) is 4.79 Å². The normalized spacial score (nSPS) is 11.9. The Morgan fingerprint density at radius 2 is 2.00 bits per heavy atom. The smallest absolute Gasteiger partial charge is 0.224 e. The van der Waals surface area contributed by atoms with E-state index in [9.17, 15) is 4.79 Å². The van der Waals surface area contributed by atoms with E-state index < -0.39 is 0 Å². The van der Waals surface area contributed by atoms with Gasteiger partial charge in [-0.1, -0.05) is 6.92 Å². The molecule has 1 aromatic carbocycles. The van der Waals surface area contributed by atoms with E-state index in [-0.39, 0.29) is 11.8 Å². The molecule has 1 amide bonds. The Bertz CT molecular complexity index is 348. The Morgan fingerprint density at radius 3 is 2.50 bits per heavy atom. The molecule has 0 saturated heterocycles. The van der Waals surface area contributed by atoms with Crippen molar-refractivity contribution in [1.82, 2.24) is 5.32 Å². The van der Waals surface area contributed by atoms with Crippen LogP contribution in [-0.2, 0) is 4.79 Å². The van der Waals surface area contributed by atoms with E-state index in [1.165, 1.54) is 0 Å². The van der Waals surface area contributed by atoms with Crippen molar-refractivity contribution in [2.24, 2.45) is 5.92 Å². The Hall–Kier alpha value is -1.71. The summed E-state index contributed by atoms with van der Waals surface area (Å²) in [6.45, 7) is 2.59. The maximum absolute atomic E-state index is 11.4. The molecule has 0 saturated carbocycles. The summed E-state index contributed by atoms with van der Waals surface area (Å²) in [5, 5.41) is 2.65. The van der Waals surface area contributed by atoms with E-state index in [4.69, 9.17) is 5.73 Å². The molecule has 0 fully saturated rings. The molecule has 0 aromatic heterocycles. The molecule has 88 valence electrons. The zero-order chi connectivity index (χ0) is 12.1. The predicted molar refractivity (Wildman–Crippen MR) is 67.4 cm³/mol. The van der Waals surface area contributed by atoms with Crippen molar-refractivity contribution in [3.05, 3.63) is 24.3 Å².